The lowest BCUT2D eigenvalue weighted by Gasteiger charge is -2.34. The van der Waals surface area contributed by atoms with Gasteiger partial charge in [-0.15, -0.1) is 0 Å². The molecule has 0 aliphatic carbocycles. The summed E-state index contributed by atoms with van der Waals surface area (Å²) in [5.74, 6) is -1.67. The molecule has 0 aromatic rings. The molecular formula is C27H41NO8. The number of ether oxygens (including phenoxy) is 3. The number of ketones is 1. The lowest BCUT2D eigenvalue weighted by atomic mass is 9.73. The fourth-order valence-corrected chi connectivity index (χ4v) is 4.92. The highest BCUT2D eigenvalue weighted by Gasteiger charge is 2.52. The van der Waals surface area contributed by atoms with Crippen molar-refractivity contribution >= 4 is 17.7 Å². The van der Waals surface area contributed by atoms with Crippen LogP contribution < -0.4 is 0 Å². The van der Waals surface area contributed by atoms with Gasteiger partial charge < -0.3 is 29.5 Å². The van der Waals surface area contributed by atoms with Gasteiger partial charge in [-0.05, 0) is 25.8 Å². The fraction of sp³-hybridized carbons (Fsp3) is 0.741. The Bertz CT molecular complexity index is 925. The number of carbonyl (C=O) groups is 2. The summed E-state index contributed by atoms with van der Waals surface area (Å²) in [6, 6.07) is -0.294. The molecule has 9 heteroatoms. The van der Waals surface area contributed by atoms with E-state index >= 15 is 0 Å². The molecule has 0 aromatic carbocycles. The Morgan fingerprint density at radius 1 is 1.22 bits per heavy atom. The van der Waals surface area contributed by atoms with Crippen LogP contribution in [-0.2, 0) is 23.8 Å². The van der Waals surface area contributed by atoms with Crippen molar-refractivity contribution in [1.29, 1.82) is 0 Å². The van der Waals surface area contributed by atoms with Crippen molar-refractivity contribution in [3.05, 3.63) is 23.8 Å². The molecule has 0 saturated carbocycles. The predicted octanol–water partition coefficient (Wildman–Crippen LogP) is 2.12. The molecule has 36 heavy (non-hydrogen) atoms. The minimum absolute atomic E-state index is 0.144. The van der Waals surface area contributed by atoms with Crippen LogP contribution in [0.1, 0.15) is 60.8 Å². The minimum Gasteiger partial charge on any atom is -0.477 e. The predicted molar refractivity (Wildman–Crippen MR) is 133 cm³/mol. The molecule has 0 radical (unpaired) electrons. The van der Waals surface area contributed by atoms with Gasteiger partial charge in [-0.3, -0.25) is 9.59 Å². The van der Waals surface area contributed by atoms with Gasteiger partial charge in [-0.1, -0.05) is 45.9 Å². The molecule has 1 saturated heterocycles. The van der Waals surface area contributed by atoms with Crippen molar-refractivity contribution < 1.29 is 39.1 Å². The number of hydrogen-bond donors (Lipinski definition) is 3. The van der Waals surface area contributed by atoms with E-state index < -0.39 is 41.2 Å². The molecule has 3 N–H and O–H groups in total. The molecule has 202 valence electrons. The van der Waals surface area contributed by atoms with Gasteiger partial charge in [0.25, 0.3) is 0 Å². The minimum atomic E-state index is -1.28. The molecule has 3 rings (SSSR count). The van der Waals surface area contributed by atoms with Gasteiger partial charge >= 0.3 is 5.97 Å². The van der Waals surface area contributed by atoms with E-state index in [0.29, 0.717) is 19.4 Å². The second-order valence-electron chi connectivity index (χ2n) is 11.2. The third-order valence-electron chi connectivity index (χ3n) is 7.82. The van der Waals surface area contributed by atoms with Crippen molar-refractivity contribution in [1.82, 2.24) is 0 Å². The third-order valence-corrected chi connectivity index (χ3v) is 7.82. The van der Waals surface area contributed by atoms with Crippen LogP contribution in [0.3, 0.4) is 0 Å². The van der Waals surface area contributed by atoms with Crippen LogP contribution in [0.4, 0.5) is 0 Å². The Balaban J connectivity index is 1.86. The number of esters is 1. The number of aliphatic hydroxyl groups is 3. The van der Waals surface area contributed by atoms with E-state index in [0.717, 1.165) is 5.57 Å². The summed E-state index contributed by atoms with van der Waals surface area (Å²) in [7, 11) is 0. The number of cyclic esters (lactones) is 1. The molecule has 9 nitrogen and oxygen atoms in total. The molecule has 0 spiro atoms. The molecule has 0 bridgehead atoms. The number of nitrogens with zero attached hydrogens (tertiary/aromatic N) is 1. The number of aliphatic hydroxyl groups excluding tert-OH is 3. The molecule has 3 unspecified atom stereocenters. The normalized spacial score (nSPS) is 41.1. The summed E-state index contributed by atoms with van der Waals surface area (Å²) >= 11 is 0. The third kappa shape index (κ3) is 6.43. The Labute approximate surface area is 213 Å². The van der Waals surface area contributed by atoms with Gasteiger partial charge in [0.1, 0.15) is 31.1 Å². The van der Waals surface area contributed by atoms with Crippen LogP contribution in [0.15, 0.2) is 28.8 Å². The Morgan fingerprint density at radius 2 is 1.92 bits per heavy atom. The van der Waals surface area contributed by atoms with E-state index in [1.807, 2.05) is 39.0 Å². The summed E-state index contributed by atoms with van der Waals surface area (Å²) < 4.78 is 17.1. The average molecular weight is 508 g/mol. The quantitative estimate of drug-likeness (QED) is 0.300. The number of fused-ring (bicyclic) bond motifs is 1. The molecule has 0 aromatic heterocycles. The maximum atomic E-state index is 13.2. The summed E-state index contributed by atoms with van der Waals surface area (Å²) in [4.78, 5) is 30.4. The van der Waals surface area contributed by atoms with E-state index in [4.69, 9.17) is 14.2 Å². The van der Waals surface area contributed by atoms with Gasteiger partial charge in [0.2, 0.25) is 5.90 Å². The van der Waals surface area contributed by atoms with Crippen molar-refractivity contribution in [2.24, 2.45) is 22.2 Å². The molecular weight excluding hydrogens is 466 g/mol. The largest absolute Gasteiger partial charge is 0.477 e. The maximum Gasteiger partial charge on any atom is 0.309 e. The summed E-state index contributed by atoms with van der Waals surface area (Å²) in [5, 5.41) is 30.9. The molecule has 3 heterocycles. The first-order valence-corrected chi connectivity index (χ1v) is 12.7. The van der Waals surface area contributed by atoms with Crippen LogP contribution in [0.5, 0.6) is 0 Å². The van der Waals surface area contributed by atoms with Crippen molar-refractivity contribution in [3.63, 3.8) is 0 Å². The Morgan fingerprint density at radius 3 is 2.56 bits per heavy atom. The van der Waals surface area contributed by atoms with Gasteiger partial charge in [0.05, 0.1) is 35.7 Å². The summed E-state index contributed by atoms with van der Waals surface area (Å²) in [5.41, 5.74) is -0.913. The molecule has 3 aliphatic rings. The zero-order chi connectivity index (χ0) is 26.8. The van der Waals surface area contributed by atoms with Gasteiger partial charge in [-0.25, -0.2) is 4.99 Å². The Kier molecular flexibility index (Phi) is 8.81. The number of rotatable bonds is 3. The highest BCUT2D eigenvalue weighted by atomic mass is 16.6. The highest BCUT2D eigenvalue weighted by molar-refractivity contribution is 5.88. The van der Waals surface area contributed by atoms with Gasteiger partial charge in [-0.2, -0.15) is 0 Å². The first kappa shape index (κ1) is 28.5. The first-order valence-electron chi connectivity index (χ1n) is 12.7. The van der Waals surface area contributed by atoms with E-state index in [9.17, 15) is 24.9 Å². The molecule has 3 aliphatic heterocycles. The Hall–Kier alpha value is -2.07. The van der Waals surface area contributed by atoms with Crippen LogP contribution in [0.25, 0.3) is 0 Å². The van der Waals surface area contributed by atoms with Crippen LogP contribution in [0.2, 0.25) is 0 Å². The van der Waals surface area contributed by atoms with Gasteiger partial charge in [0.15, 0.2) is 0 Å². The summed E-state index contributed by atoms with van der Waals surface area (Å²) in [6.45, 7) is 10.5. The van der Waals surface area contributed by atoms with Gasteiger partial charge in [0, 0.05) is 18.3 Å². The topological polar surface area (TPSA) is 138 Å². The maximum absolute atomic E-state index is 13.2. The number of carbonyl (C=O) groups excluding carboxylic acids is 2. The highest BCUT2D eigenvalue weighted by Crippen LogP contribution is 2.44. The fourth-order valence-electron chi connectivity index (χ4n) is 4.92. The van der Waals surface area contributed by atoms with E-state index in [-0.39, 0.29) is 42.8 Å². The number of epoxide rings is 1. The van der Waals surface area contributed by atoms with Crippen molar-refractivity contribution in [3.8, 4) is 0 Å². The molecule has 1 fully saturated rings. The second-order valence-corrected chi connectivity index (χ2v) is 11.2. The zero-order valence-electron chi connectivity index (χ0n) is 22.1. The standard InChI is InChI=1S/C27H41NO8/c1-15-8-7-9-27(6)21(36-27)11-19(16(2)10-18-14-34-22(13-29)28-18)35-23(31)12-20(30)26(4,5)25(33)17(3)24(15)32/h7-8,10,15,17-21,24,29-30,32H,9,11-14H2,1-6H3/b8-7+,16-10+/t15-,17+,18?,19-,20-,21?,24-,27?/m0/s1. The van der Waals surface area contributed by atoms with E-state index in [1.54, 1.807) is 20.8 Å². The lowest BCUT2D eigenvalue weighted by Crippen LogP contribution is -2.45. The van der Waals surface area contributed by atoms with Crippen LogP contribution in [0, 0.1) is 17.3 Å². The molecule has 8 atom stereocenters. The van der Waals surface area contributed by atoms with Crippen molar-refractivity contribution in [2.45, 2.75) is 96.9 Å². The van der Waals surface area contributed by atoms with Crippen LogP contribution >= 0.6 is 0 Å². The zero-order valence-corrected chi connectivity index (χ0v) is 22.1. The molecule has 0 amide bonds. The monoisotopic (exact) mass is 507 g/mol. The van der Waals surface area contributed by atoms with E-state index in [1.165, 1.54) is 0 Å². The van der Waals surface area contributed by atoms with Crippen LogP contribution in [-0.4, -0.2) is 82.2 Å². The van der Waals surface area contributed by atoms with Crippen molar-refractivity contribution in [2.75, 3.05) is 13.2 Å². The smallest absolute Gasteiger partial charge is 0.309 e. The lowest BCUT2D eigenvalue weighted by molar-refractivity contribution is -0.154. The second kappa shape index (κ2) is 11.1. The number of hydrogen-bond acceptors (Lipinski definition) is 9. The SMILES string of the molecule is C/C(=C\C1COC(CO)=N1)[C@@H]1CC2OC2(C)C/C=C/[C@H](C)[C@H](O)[C@@H](C)C(=O)C(C)(C)[C@@H](O)CC(=O)O1. The first-order chi connectivity index (χ1) is 16.8. The number of aliphatic imine (C=N–C) groups is 1. The summed E-state index contributed by atoms with van der Waals surface area (Å²) in [6.07, 6.45) is 3.44. The van der Waals surface area contributed by atoms with E-state index in [2.05, 4.69) is 4.99 Å². The average Bonchev–Trinajstić information content (AvgIpc) is 3.23. The number of Topliss-reactive ketones (excluding diaryl/α,β-unsaturated/α-hetero) is 1.